The van der Waals surface area contributed by atoms with Gasteiger partial charge in [0.25, 0.3) is 11.6 Å². The van der Waals surface area contributed by atoms with E-state index >= 15 is 0 Å². The van der Waals surface area contributed by atoms with Crippen molar-refractivity contribution in [1.29, 1.82) is 0 Å². The van der Waals surface area contributed by atoms with Crippen LogP contribution in [0, 0.1) is 10.1 Å². The van der Waals surface area contributed by atoms with E-state index in [9.17, 15) is 14.9 Å². The van der Waals surface area contributed by atoms with Gasteiger partial charge >= 0.3 is 0 Å². The van der Waals surface area contributed by atoms with E-state index in [-0.39, 0.29) is 17.4 Å². The van der Waals surface area contributed by atoms with Gasteiger partial charge in [-0.2, -0.15) is 0 Å². The molecule has 8 nitrogen and oxygen atoms in total. The lowest BCUT2D eigenvalue weighted by atomic mass is 10.1. The van der Waals surface area contributed by atoms with Crippen molar-refractivity contribution in [1.82, 2.24) is 9.55 Å². The Morgan fingerprint density at radius 1 is 1.17 bits per heavy atom. The van der Waals surface area contributed by atoms with Crippen LogP contribution in [-0.4, -0.2) is 26.5 Å². The molecular formula is C21H20N4O4. The number of nitro groups is 1. The van der Waals surface area contributed by atoms with E-state index in [1.807, 2.05) is 12.1 Å². The van der Waals surface area contributed by atoms with Gasteiger partial charge in [0, 0.05) is 29.7 Å². The smallest absolute Gasteiger partial charge is 0.294 e. The number of benzene rings is 2. The fourth-order valence-electron chi connectivity index (χ4n) is 3.45. The summed E-state index contributed by atoms with van der Waals surface area (Å²) in [6.45, 7) is 0. The van der Waals surface area contributed by atoms with E-state index < -0.39 is 10.8 Å². The first-order valence-corrected chi connectivity index (χ1v) is 9.45. The van der Waals surface area contributed by atoms with Crippen molar-refractivity contribution in [2.24, 2.45) is 0 Å². The highest BCUT2D eigenvalue weighted by Crippen LogP contribution is 2.26. The molecule has 1 heterocycles. The quantitative estimate of drug-likeness (QED) is 0.496. The van der Waals surface area contributed by atoms with Gasteiger partial charge < -0.3 is 14.6 Å². The van der Waals surface area contributed by atoms with E-state index in [0.717, 1.165) is 18.6 Å². The van der Waals surface area contributed by atoms with Crippen LogP contribution in [0.4, 0.5) is 11.4 Å². The maximum Gasteiger partial charge on any atom is 0.294 e. The Hall–Kier alpha value is -3.68. The molecule has 1 saturated carbocycles. The van der Waals surface area contributed by atoms with E-state index in [0.29, 0.717) is 11.4 Å². The number of carbonyl (C=O) groups is 1. The number of rotatable bonds is 6. The topological polar surface area (TPSA) is 99.3 Å². The summed E-state index contributed by atoms with van der Waals surface area (Å²) < 4.78 is 7.45. The van der Waals surface area contributed by atoms with Crippen molar-refractivity contribution in [3.05, 3.63) is 76.9 Å². The molecule has 0 spiro atoms. The average Bonchev–Trinajstić information content (AvgIpc) is 3.43. The molecular weight excluding hydrogens is 372 g/mol. The lowest BCUT2D eigenvalue weighted by Crippen LogP contribution is -2.13. The molecule has 3 aromatic rings. The molecule has 1 aliphatic carbocycles. The molecule has 1 amide bonds. The molecule has 0 radical (unpaired) electrons. The van der Waals surface area contributed by atoms with Crippen molar-refractivity contribution < 1.29 is 14.5 Å². The van der Waals surface area contributed by atoms with E-state index in [4.69, 9.17) is 4.74 Å². The highest BCUT2D eigenvalue weighted by molar-refractivity contribution is 6.04. The maximum absolute atomic E-state index is 12.6. The second-order valence-electron chi connectivity index (χ2n) is 6.93. The molecule has 2 aromatic carbocycles. The summed E-state index contributed by atoms with van der Waals surface area (Å²) >= 11 is 0. The lowest BCUT2D eigenvalue weighted by Gasteiger charge is -2.13. The van der Waals surface area contributed by atoms with Crippen molar-refractivity contribution in [3.8, 4) is 11.4 Å². The number of amides is 1. The van der Waals surface area contributed by atoms with E-state index in [1.165, 1.54) is 42.1 Å². The Kier molecular flexibility index (Phi) is 5.24. The normalized spacial score (nSPS) is 13.9. The zero-order valence-electron chi connectivity index (χ0n) is 15.7. The van der Waals surface area contributed by atoms with Crippen molar-refractivity contribution in [2.75, 3.05) is 5.32 Å². The summed E-state index contributed by atoms with van der Waals surface area (Å²) in [6.07, 6.45) is 9.43. The number of aromatic nitrogens is 2. The summed E-state index contributed by atoms with van der Waals surface area (Å²) in [4.78, 5) is 27.4. The highest BCUT2D eigenvalue weighted by atomic mass is 16.6. The zero-order chi connectivity index (χ0) is 20.2. The second-order valence-corrected chi connectivity index (χ2v) is 6.93. The monoisotopic (exact) mass is 392 g/mol. The van der Waals surface area contributed by atoms with Crippen LogP contribution in [-0.2, 0) is 0 Å². The number of carbonyl (C=O) groups excluding carboxylic acids is 1. The lowest BCUT2D eigenvalue weighted by molar-refractivity contribution is -0.384. The van der Waals surface area contributed by atoms with Crippen LogP contribution >= 0.6 is 0 Å². The Bertz CT molecular complexity index is 1010. The Morgan fingerprint density at radius 3 is 2.59 bits per heavy atom. The molecule has 8 heteroatoms. The third-order valence-electron chi connectivity index (χ3n) is 4.93. The molecule has 1 N–H and O–H groups in total. The summed E-state index contributed by atoms with van der Waals surface area (Å²) in [7, 11) is 0. The predicted molar refractivity (Wildman–Crippen MR) is 107 cm³/mol. The van der Waals surface area contributed by atoms with Gasteiger partial charge in [-0.1, -0.05) is 0 Å². The van der Waals surface area contributed by atoms with Gasteiger partial charge in [0.15, 0.2) is 0 Å². The summed E-state index contributed by atoms with van der Waals surface area (Å²) in [5, 5.41) is 14.2. The standard InChI is InChI=1S/C21H20N4O4/c26-21(23-16-6-8-18(9-7-16)29-17-3-1-2-4-17)15-5-10-19(20(13-15)25(27)28)24-12-11-22-14-24/h5-14,17H,1-4H2,(H,23,26). The molecule has 4 rings (SSSR count). The predicted octanol–water partition coefficient (Wildman–Crippen LogP) is 4.35. The van der Waals surface area contributed by atoms with Gasteiger partial charge in [-0.25, -0.2) is 4.98 Å². The van der Waals surface area contributed by atoms with Crippen LogP contribution in [0.1, 0.15) is 36.0 Å². The largest absolute Gasteiger partial charge is 0.490 e. The van der Waals surface area contributed by atoms with Gasteiger partial charge in [0.2, 0.25) is 0 Å². The molecule has 148 valence electrons. The zero-order valence-corrected chi connectivity index (χ0v) is 15.7. The fraction of sp³-hybridized carbons (Fsp3) is 0.238. The van der Waals surface area contributed by atoms with Crippen molar-refractivity contribution >= 4 is 17.3 Å². The van der Waals surface area contributed by atoms with Crippen LogP contribution in [0.25, 0.3) is 5.69 Å². The molecule has 29 heavy (non-hydrogen) atoms. The summed E-state index contributed by atoms with van der Waals surface area (Å²) in [5.74, 6) is 0.352. The number of hydrogen-bond donors (Lipinski definition) is 1. The number of ether oxygens (including phenoxy) is 1. The van der Waals surface area contributed by atoms with Crippen LogP contribution in [0.2, 0.25) is 0 Å². The third-order valence-corrected chi connectivity index (χ3v) is 4.93. The number of nitrogens with one attached hydrogen (secondary N) is 1. The highest BCUT2D eigenvalue weighted by Gasteiger charge is 2.19. The first kappa shape index (κ1) is 18.7. The molecule has 0 aliphatic heterocycles. The molecule has 0 atom stereocenters. The van der Waals surface area contributed by atoms with Crippen LogP contribution in [0.3, 0.4) is 0 Å². The van der Waals surface area contributed by atoms with Gasteiger partial charge in [-0.15, -0.1) is 0 Å². The van der Waals surface area contributed by atoms with Gasteiger partial charge in [0.1, 0.15) is 11.4 Å². The van der Waals surface area contributed by atoms with Crippen LogP contribution in [0.15, 0.2) is 61.2 Å². The van der Waals surface area contributed by atoms with E-state index in [2.05, 4.69) is 10.3 Å². The van der Waals surface area contributed by atoms with Gasteiger partial charge in [-0.3, -0.25) is 14.9 Å². The molecule has 0 bridgehead atoms. The summed E-state index contributed by atoms with van der Waals surface area (Å²) in [6, 6.07) is 11.5. The Balaban J connectivity index is 1.48. The number of anilines is 1. The third kappa shape index (κ3) is 4.26. The van der Waals surface area contributed by atoms with Crippen molar-refractivity contribution in [3.63, 3.8) is 0 Å². The van der Waals surface area contributed by atoms with Gasteiger partial charge in [0.05, 0.1) is 17.4 Å². The molecule has 1 aromatic heterocycles. The fourth-order valence-corrected chi connectivity index (χ4v) is 3.45. The molecule has 0 saturated heterocycles. The molecule has 1 fully saturated rings. The van der Waals surface area contributed by atoms with Crippen molar-refractivity contribution in [2.45, 2.75) is 31.8 Å². The molecule has 0 unspecified atom stereocenters. The minimum absolute atomic E-state index is 0.170. The molecule has 1 aliphatic rings. The van der Waals surface area contributed by atoms with E-state index in [1.54, 1.807) is 24.4 Å². The average molecular weight is 392 g/mol. The summed E-state index contributed by atoms with van der Waals surface area (Å²) in [5.41, 5.74) is 0.968. The Morgan fingerprint density at radius 2 is 1.93 bits per heavy atom. The first-order chi connectivity index (χ1) is 14.1. The minimum atomic E-state index is -0.513. The van der Waals surface area contributed by atoms with Crippen LogP contribution in [0.5, 0.6) is 5.75 Å². The SMILES string of the molecule is O=C(Nc1ccc(OC2CCCC2)cc1)c1ccc(-n2ccnc2)c([N+](=O)[O-])c1. The Labute approximate surface area is 167 Å². The maximum atomic E-state index is 12.6. The van der Waals surface area contributed by atoms with Gasteiger partial charge in [-0.05, 0) is 62.1 Å². The second kappa shape index (κ2) is 8.14. The van der Waals surface area contributed by atoms with Crippen LogP contribution < -0.4 is 10.1 Å². The number of nitro benzene ring substituents is 1. The minimum Gasteiger partial charge on any atom is -0.490 e. The number of nitrogens with zero attached hydrogens (tertiary/aromatic N) is 3. The first-order valence-electron chi connectivity index (χ1n) is 9.45. The number of imidazole rings is 1. The number of hydrogen-bond acceptors (Lipinski definition) is 5.